The molecule has 2 aromatic rings. The third-order valence-electron chi connectivity index (χ3n) is 5.33. The quantitative estimate of drug-likeness (QED) is 0.909. The van der Waals surface area contributed by atoms with Crippen molar-refractivity contribution in [3.05, 3.63) is 71.8 Å². The first-order valence-electron chi connectivity index (χ1n) is 9.09. The van der Waals surface area contributed by atoms with E-state index in [1.54, 1.807) is 0 Å². The molecule has 0 aliphatic carbocycles. The van der Waals surface area contributed by atoms with Gasteiger partial charge in [-0.2, -0.15) is 0 Å². The van der Waals surface area contributed by atoms with Crippen molar-refractivity contribution in [2.75, 3.05) is 19.6 Å². The predicted octanol–water partition coefficient (Wildman–Crippen LogP) is 3.46. The fourth-order valence-electron chi connectivity index (χ4n) is 3.96. The third-order valence-corrected chi connectivity index (χ3v) is 5.33. The van der Waals surface area contributed by atoms with Gasteiger partial charge in [-0.05, 0) is 30.0 Å². The molecule has 1 fully saturated rings. The second-order valence-electron chi connectivity index (χ2n) is 7.77. The van der Waals surface area contributed by atoms with Crippen LogP contribution in [-0.2, 0) is 11.2 Å². The molecule has 1 amide bonds. The molecule has 1 aliphatic rings. The predicted molar refractivity (Wildman–Crippen MR) is 102 cm³/mol. The first-order chi connectivity index (χ1) is 12.0. The molecule has 3 heteroatoms. The van der Waals surface area contributed by atoms with Gasteiger partial charge in [-0.15, -0.1) is 0 Å². The summed E-state index contributed by atoms with van der Waals surface area (Å²) in [6.45, 7) is 6.24. The van der Waals surface area contributed by atoms with Crippen molar-refractivity contribution < 1.29 is 4.79 Å². The van der Waals surface area contributed by atoms with E-state index >= 15 is 0 Å². The van der Waals surface area contributed by atoms with Crippen molar-refractivity contribution in [2.24, 2.45) is 17.1 Å². The zero-order valence-corrected chi connectivity index (χ0v) is 15.2. The summed E-state index contributed by atoms with van der Waals surface area (Å²) >= 11 is 0. The lowest BCUT2D eigenvalue weighted by molar-refractivity contribution is -0.139. The molecule has 25 heavy (non-hydrogen) atoms. The van der Waals surface area contributed by atoms with Crippen LogP contribution in [-0.4, -0.2) is 30.4 Å². The Morgan fingerprint density at radius 2 is 1.64 bits per heavy atom. The molecule has 0 radical (unpaired) electrons. The van der Waals surface area contributed by atoms with Crippen molar-refractivity contribution in [2.45, 2.75) is 26.2 Å². The molecule has 3 rings (SSSR count). The van der Waals surface area contributed by atoms with Crippen LogP contribution >= 0.6 is 0 Å². The van der Waals surface area contributed by atoms with Crippen molar-refractivity contribution in [1.82, 2.24) is 4.90 Å². The Bertz CT molecular complexity index is 696. The Labute approximate surface area is 150 Å². The molecule has 1 aliphatic heterocycles. The number of benzene rings is 2. The third kappa shape index (κ3) is 3.93. The fraction of sp³-hybridized carbons (Fsp3) is 0.409. The van der Waals surface area contributed by atoms with Crippen LogP contribution < -0.4 is 5.73 Å². The van der Waals surface area contributed by atoms with Gasteiger partial charge in [-0.3, -0.25) is 4.79 Å². The van der Waals surface area contributed by atoms with Gasteiger partial charge in [0.2, 0.25) is 5.91 Å². The van der Waals surface area contributed by atoms with Crippen LogP contribution in [0.15, 0.2) is 60.7 Å². The van der Waals surface area contributed by atoms with Crippen LogP contribution in [0.2, 0.25) is 0 Å². The molecule has 3 nitrogen and oxygen atoms in total. The number of nitrogens with two attached hydrogens (primary N) is 1. The van der Waals surface area contributed by atoms with Crippen molar-refractivity contribution in [3.8, 4) is 0 Å². The zero-order chi connectivity index (χ0) is 17.9. The average Bonchev–Trinajstić information content (AvgIpc) is 3.06. The summed E-state index contributed by atoms with van der Waals surface area (Å²) in [6.07, 6.45) is 0.756. The molecule has 0 unspecified atom stereocenters. The van der Waals surface area contributed by atoms with Gasteiger partial charge in [0.1, 0.15) is 0 Å². The highest BCUT2D eigenvalue weighted by Crippen LogP contribution is 2.35. The van der Waals surface area contributed by atoms with E-state index < -0.39 is 5.41 Å². The largest absolute Gasteiger partial charge is 0.341 e. The molecule has 0 aromatic heterocycles. The summed E-state index contributed by atoms with van der Waals surface area (Å²) in [5.74, 6) is 0.898. The maximum Gasteiger partial charge on any atom is 0.228 e. The molecule has 2 atom stereocenters. The minimum atomic E-state index is -0.411. The zero-order valence-electron chi connectivity index (χ0n) is 15.2. The number of rotatable bonds is 5. The minimum absolute atomic E-state index is 0.230. The van der Waals surface area contributed by atoms with Gasteiger partial charge in [0.25, 0.3) is 0 Å². The maximum atomic E-state index is 13.2. The van der Waals surface area contributed by atoms with Crippen LogP contribution in [0.5, 0.6) is 0 Å². The standard InChI is InChI=1S/C22H28N2O/c1-22(2,13-17-9-5-3-6-10-17)21(25)24-15-19(14-23)20(16-24)18-11-7-4-8-12-18/h3-12,19-20H,13-16,23H2,1-2H3/t19-,20+/m1/s1. The smallest absolute Gasteiger partial charge is 0.228 e. The first-order valence-corrected chi connectivity index (χ1v) is 9.09. The number of carbonyl (C=O) groups excluding carboxylic acids is 1. The number of carbonyl (C=O) groups is 1. The van der Waals surface area contributed by atoms with Crippen LogP contribution in [0.1, 0.15) is 30.9 Å². The topological polar surface area (TPSA) is 46.3 Å². The first kappa shape index (κ1) is 17.7. The van der Waals surface area contributed by atoms with E-state index in [1.165, 1.54) is 11.1 Å². The molecule has 0 spiro atoms. The van der Waals surface area contributed by atoms with E-state index in [2.05, 4.69) is 50.2 Å². The second-order valence-corrected chi connectivity index (χ2v) is 7.77. The Morgan fingerprint density at radius 3 is 2.24 bits per heavy atom. The SMILES string of the molecule is CC(C)(Cc1ccccc1)C(=O)N1C[C@@H](CN)[C@H](c2ccccc2)C1. The van der Waals surface area contributed by atoms with Gasteiger partial charge in [-0.25, -0.2) is 0 Å². The van der Waals surface area contributed by atoms with Gasteiger partial charge < -0.3 is 10.6 Å². The molecule has 2 aromatic carbocycles. The second kappa shape index (κ2) is 7.40. The van der Waals surface area contributed by atoms with Gasteiger partial charge in [-0.1, -0.05) is 74.5 Å². The van der Waals surface area contributed by atoms with E-state index in [4.69, 9.17) is 5.73 Å². The Morgan fingerprint density at radius 1 is 1.04 bits per heavy atom. The van der Waals surface area contributed by atoms with E-state index in [0.29, 0.717) is 18.4 Å². The van der Waals surface area contributed by atoms with Crippen molar-refractivity contribution in [1.29, 1.82) is 0 Å². The molecule has 132 valence electrons. The maximum absolute atomic E-state index is 13.2. The highest BCUT2D eigenvalue weighted by molar-refractivity contribution is 5.82. The van der Waals surface area contributed by atoms with Crippen LogP contribution in [0.4, 0.5) is 0 Å². The van der Waals surface area contributed by atoms with Crippen molar-refractivity contribution in [3.63, 3.8) is 0 Å². The highest BCUT2D eigenvalue weighted by Gasteiger charge is 2.40. The van der Waals surface area contributed by atoms with Crippen LogP contribution in [0, 0.1) is 11.3 Å². The number of hydrogen-bond acceptors (Lipinski definition) is 2. The average molecular weight is 336 g/mol. The molecule has 1 heterocycles. The molecule has 2 N–H and O–H groups in total. The number of hydrogen-bond donors (Lipinski definition) is 1. The molecule has 0 bridgehead atoms. The Balaban J connectivity index is 1.74. The van der Waals surface area contributed by atoms with E-state index in [9.17, 15) is 4.79 Å². The lowest BCUT2D eigenvalue weighted by Gasteiger charge is -2.29. The summed E-state index contributed by atoms with van der Waals surface area (Å²) < 4.78 is 0. The van der Waals surface area contributed by atoms with E-state index in [-0.39, 0.29) is 5.91 Å². The number of amides is 1. The Hall–Kier alpha value is -2.13. The molecular weight excluding hydrogens is 308 g/mol. The summed E-state index contributed by atoms with van der Waals surface area (Å²) in [5.41, 5.74) is 8.10. The summed E-state index contributed by atoms with van der Waals surface area (Å²) in [6, 6.07) is 20.7. The van der Waals surface area contributed by atoms with Crippen molar-refractivity contribution >= 4 is 5.91 Å². The lowest BCUT2D eigenvalue weighted by atomic mass is 9.84. The van der Waals surface area contributed by atoms with E-state index in [0.717, 1.165) is 19.5 Å². The molecular formula is C22H28N2O. The van der Waals surface area contributed by atoms with E-state index in [1.807, 2.05) is 29.2 Å². The normalized spacial score (nSPS) is 20.7. The number of nitrogens with zero attached hydrogens (tertiary/aromatic N) is 1. The monoisotopic (exact) mass is 336 g/mol. The van der Waals surface area contributed by atoms with Gasteiger partial charge in [0, 0.05) is 24.4 Å². The van der Waals surface area contributed by atoms with Crippen LogP contribution in [0.25, 0.3) is 0 Å². The lowest BCUT2D eigenvalue weighted by Crippen LogP contribution is -2.41. The fourth-order valence-corrected chi connectivity index (χ4v) is 3.96. The molecule has 0 saturated carbocycles. The van der Waals surface area contributed by atoms with Gasteiger partial charge >= 0.3 is 0 Å². The minimum Gasteiger partial charge on any atom is -0.341 e. The summed E-state index contributed by atoms with van der Waals surface area (Å²) in [4.78, 5) is 15.2. The van der Waals surface area contributed by atoms with Crippen LogP contribution in [0.3, 0.4) is 0 Å². The summed E-state index contributed by atoms with van der Waals surface area (Å²) in [5, 5.41) is 0. The number of likely N-dealkylation sites (tertiary alicyclic amines) is 1. The molecule has 1 saturated heterocycles. The van der Waals surface area contributed by atoms with Gasteiger partial charge in [0.15, 0.2) is 0 Å². The summed E-state index contributed by atoms with van der Waals surface area (Å²) in [7, 11) is 0. The Kier molecular flexibility index (Phi) is 5.24. The highest BCUT2D eigenvalue weighted by atomic mass is 16.2. The van der Waals surface area contributed by atoms with Gasteiger partial charge in [0.05, 0.1) is 0 Å².